The van der Waals surface area contributed by atoms with Crippen LogP contribution < -0.4 is 4.74 Å². The van der Waals surface area contributed by atoms with Crippen molar-refractivity contribution in [3.63, 3.8) is 0 Å². The molecule has 6 heteroatoms. The molecule has 2 heterocycles. The number of methoxy groups -OCH3 is 1. The van der Waals surface area contributed by atoms with Crippen LogP contribution in [0.3, 0.4) is 0 Å². The first-order valence-corrected chi connectivity index (χ1v) is 7.00. The minimum absolute atomic E-state index is 0.562. The molecular formula is C16H17N5O. The molecule has 0 aliphatic rings. The number of ether oxygens (including phenoxy) is 1. The molecule has 0 aliphatic heterocycles. The highest BCUT2D eigenvalue weighted by Crippen LogP contribution is 2.27. The van der Waals surface area contributed by atoms with Crippen LogP contribution >= 0.6 is 0 Å². The van der Waals surface area contributed by atoms with Gasteiger partial charge in [-0.15, -0.1) is 5.10 Å². The van der Waals surface area contributed by atoms with E-state index in [9.17, 15) is 0 Å². The Balaban J connectivity index is 1.87. The molecule has 0 aliphatic carbocycles. The lowest BCUT2D eigenvalue weighted by Gasteiger charge is -2.04. The second kappa shape index (κ2) is 5.93. The van der Waals surface area contributed by atoms with Gasteiger partial charge in [0.05, 0.1) is 25.5 Å². The zero-order valence-electron chi connectivity index (χ0n) is 12.8. The Labute approximate surface area is 128 Å². The van der Waals surface area contributed by atoms with Gasteiger partial charge in [0.25, 0.3) is 0 Å². The predicted molar refractivity (Wildman–Crippen MR) is 82.6 cm³/mol. The number of nitrogens with zero attached hydrogens (tertiary/aromatic N) is 5. The molecule has 0 saturated heterocycles. The van der Waals surface area contributed by atoms with Crippen LogP contribution in [0.1, 0.15) is 17.2 Å². The monoisotopic (exact) mass is 295 g/mol. The number of hydrogen-bond donors (Lipinski definition) is 0. The van der Waals surface area contributed by atoms with E-state index in [1.165, 1.54) is 0 Å². The van der Waals surface area contributed by atoms with Crippen molar-refractivity contribution in [3.8, 4) is 17.0 Å². The van der Waals surface area contributed by atoms with Crippen molar-refractivity contribution >= 4 is 0 Å². The molecule has 0 amide bonds. The lowest BCUT2D eigenvalue weighted by atomic mass is 10.1. The molecule has 0 saturated carbocycles. The van der Waals surface area contributed by atoms with Gasteiger partial charge < -0.3 is 4.74 Å². The zero-order chi connectivity index (χ0) is 15.5. The lowest BCUT2D eigenvalue weighted by molar-refractivity contribution is 0.416. The molecule has 0 atom stereocenters. The highest BCUT2D eigenvalue weighted by Gasteiger charge is 2.10. The molecule has 6 nitrogen and oxygen atoms in total. The number of rotatable bonds is 4. The molecule has 22 heavy (non-hydrogen) atoms. The number of hydrogen-bond acceptors (Lipinski definition) is 5. The van der Waals surface area contributed by atoms with E-state index >= 15 is 0 Å². The molecule has 0 bridgehead atoms. The highest BCUT2D eigenvalue weighted by molar-refractivity contribution is 5.65. The quantitative estimate of drug-likeness (QED) is 0.739. The van der Waals surface area contributed by atoms with Crippen molar-refractivity contribution in [2.75, 3.05) is 7.11 Å². The Morgan fingerprint density at radius 3 is 2.73 bits per heavy atom. The SMILES string of the molecule is COc1ccccc1-c1cn(Cc2cc(C)nc(C)n2)nn1. The summed E-state index contributed by atoms with van der Waals surface area (Å²) in [6, 6.07) is 9.71. The molecule has 3 rings (SSSR count). The molecule has 0 fully saturated rings. The minimum atomic E-state index is 0.562. The van der Waals surface area contributed by atoms with Gasteiger partial charge in [-0.05, 0) is 32.0 Å². The Morgan fingerprint density at radius 2 is 1.95 bits per heavy atom. The predicted octanol–water partition coefficient (Wildman–Crippen LogP) is 2.41. The molecule has 3 aromatic rings. The van der Waals surface area contributed by atoms with Crippen LogP contribution in [0.25, 0.3) is 11.3 Å². The van der Waals surface area contributed by atoms with Gasteiger partial charge in [0.1, 0.15) is 17.3 Å². The van der Waals surface area contributed by atoms with Gasteiger partial charge in [-0.25, -0.2) is 14.6 Å². The van der Waals surface area contributed by atoms with Crippen molar-refractivity contribution in [2.24, 2.45) is 0 Å². The summed E-state index contributed by atoms with van der Waals surface area (Å²) in [5.74, 6) is 1.54. The van der Waals surface area contributed by atoms with Gasteiger partial charge in [-0.2, -0.15) is 0 Å². The molecule has 0 radical (unpaired) electrons. The smallest absolute Gasteiger partial charge is 0.128 e. The number of benzene rings is 1. The van der Waals surface area contributed by atoms with Crippen LogP contribution in [0.2, 0.25) is 0 Å². The van der Waals surface area contributed by atoms with Crippen molar-refractivity contribution in [1.29, 1.82) is 0 Å². The molecule has 112 valence electrons. The van der Waals surface area contributed by atoms with Crippen molar-refractivity contribution in [1.82, 2.24) is 25.0 Å². The highest BCUT2D eigenvalue weighted by atomic mass is 16.5. The van der Waals surface area contributed by atoms with Gasteiger partial charge in [-0.1, -0.05) is 17.3 Å². The summed E-state index contributed by atoms with van der Waals surface area (Å²) in [5, 5.41) is 8.40. The van der Waals surface area contributed by atoms with E-state index in [2.05, 4.69) is 20.3 Å². The van der Waals surface area contributed by atoms with Crippen LogP contribution in [0, 0.1) is 13.8 Å². The molecule has 0 unspecified atom stereocenters. The van der Waals surface area contributed by atoms with Gasteiger partial charge in [-0.3, -0.25) is 0 Å². The molecule has 0 spiro atoms. The summed E-state index contributed by atoms with van der Waals surface area (Å²) >= 11 is 0. The topological polar surface area (TPSA) is 65.7 Å². The van der Waals surface area contributed by atoms with E-state index in [0.29, 0.717) is 6.54 Å². The Bertz CT molecular complexity index is 776. The van der Waals surface area contributed by atoms with Gasteiger partial charge in [0, 0.05) is 11.3 Å². The van der Waals surface area contributed by atoms with Crippen molar-refractivity contribution < 1.29 is 4.74 Å². The Morgan fingerprint density at radius 1 is 1.14 bits per heavy atom. The largest absolute Gasteiger partial charge is 0.496 e. The average Bonchev–Trinajstić information content (AvgIpc) is 2.94. The molecule has 1 aromatic carbocycles. The summed E-state index contributed by atoms with van der Waals surface area (Å²) in [5.41, 5.74) is 3.57. The van der Waals surface area contributed by atoms with E-state index in [4.69, 9.17) is 4.74 Å². The van der Waals surface area contributed by atoms with E-state index in [0.717, 1.165) is 34.2 Å². The van der Waals surface area contributed by atoms with Gasteiger partial charge in [0.15, 0.2) is 0 Å². The second-order valence-corrected chi connectivity index (χ2v) is 5.05. The summed E-state index contributed by atoms with van der Waals surface area (Å²) in [6.07, 6.45) is 1.89. The van der Waals surface area contributed by atoms with Crippen molar-refractivity contribution in [3.05, 3.63) is 53.7 Å². The van der Waals surface area contributed by atoms with Crippen molar-refractivity contribution in [2.45, 2.75) is 20.4 Å². The van der Waals surface area contributed by atoms with E-state index in [-0.39, 0.29) is 0 Å². The fraction of sp³-hybridized carbons (Fsp3) is 0.250. The Kier molecular flexibility index (Phi) is 3.82. The number of para-hydroxylation sites is 1. The van der Waals surface area contributed by atoms with Crippen LogP contribution in [-0.2, 0) is 6.54 Å². The standard InChI is InChI=1S/C16H17N5O/c1-11-8-13(18-12(2)17-11)9-21-10-15(19-20-21)14-6-4-5-7-16(14)22-3/h4-8,10H,9H2,1-3H3. The van der Waals surface area contributed by atoms with Crippen LogP contribution in [0.4, 0.5) is 0 Å². The fourth-order valence-corrected chi connectivity index (χ4v) is 2.40. The first-order valence-electron chi connectivity index (χ1n) is 7.00. The first kappa shape index (κ1) is 14.2. The van der Waals surface area contributed by atoms with E-state index in [1.807, 2.05) is 50.4 Å². The summed E-state index contributed by atoms with van der Waals surface area (Å²) in [7, 11) is 1.65. The summed E-state index contributed by atoms with van der Waals surface area (Å²) < 4.78 is 7.13. The summed E-state index contributed by atoms with van der Waals surface area (Å²) in [6.45, 7) is 4.41. The zero-order valence-corrected chi connectivity index (χ0v) is 12.8. The van der Waals surface area contributed by atoms with E-state index < -0.39 is 0 Å². The van der Waals surface area contributed by atoms with Crippen LogP contribution in [0.15, 0.2) is 36.5 Å². The van der Waals surface area contributed by atoms with E-state index in [1.54, 1.807) is 11.8 Å². The maximum absolute atomic E-state index is 5.36. The fourth-order valence-electron chi connectivity index (χ4n) is 2.40. The minimum Gasteiger partial charge on any atom is -0.496 e. The van der Waals surface area contributed by atoms with Gasteiger partial charge >= 0.3 is 0 Å². The third kappa shape index (κ3) is 2.95. The maximum atomic E-state index is 5.36. The third-order valence-corrected chi connectivity index (χ3v) is 3.26. The number of aromatic nitrogens is 5. The van der Waals surface area contributed by atoms with Crippen LogP contribution in [0.5, 0.6) is 5.75 Å². The summed E-state index contributed by atoms with van der Waals surface area (Å²) in [4.78, 5) is 8.70. The molecule has 0 N–H and O–H groups in total. The number of aryl methyl sites for hydroxylation is 2. The van der Waals surface area contributed by atoms with Crippen LogP contribution in [-0.4, -0.2) is 32.1 Å². The lowest BCUT2D eigenvalue weighted by Crippen LogP contribution is -2.05. The first-order chi connectivity index (χ1) is 10.7. The average molecular weight is 295 g/mol. The Hall–Kier alpha value is -2.76. The van der Waals surface area contributed by atoms with Gasteiger partial charge in [0.2, 0.25) is 0 Å². The normalized spacial score (nSPS) is 10.7. The third-order valence-electron chi connectivity index (χ3n) is 3.26. The molecular weight excluding hydrogens is 278 g/mol. The molecule has 2 aromatic heterocycles. The maximum Gasteiger partial charge on any atom is 0.128 e. The second-order valence-electron chi connectivity index (χ2n) is 5.05.